The van der Waals surface area contributed by atoms with Gasteiger partial charge in [0, 0.05) is 7.11 Å². The average Bonchev–Trinajstić information content (AvgIpc) is 2.04. The molecule has 0 bridgehead atoms. The van der Waals surface area contributed by atoms with Crippen LogP contribution >= 0.6 is 0 Å². The molecule has 1 saturated carbocycles. The van der Waals surface area contributed by atoms with Gasteiger partial charge in [0.25, 0.3) is 0 Å². The summed E-state index contributed by atoms with van der Waals surface area (Å²) in [4.78, 5) is 0. The molecule has 0 aromatic rings. The smallest absolute Gasteiger partial charge is 0.0747 e. The number of methoxy groups -OCH3 is 1. The quantitative estimate of drug-likeness (QED) is 0.568. The third-order valence-corrected chi connectivity index (χ3v) is 2.17. The van der Waals surface area contributed by atoms with Crippen LogP contribution in [0.2, 0.25) is 0 Å². The van der Waals surface area contributed by atoms with E-state index in [0.717, 1.165) is 12.8 Å². The van der Waals surface area contributed by atoms with Gasteiger partial charge in [-0.05, 0) is 12.8 Å². The predicted molar refractivity (Wildman–Crippen MR) is 38.0 cm³/mol. The Balaban J connectivity index is 2.34. The second-order valence-corrected chi connectivity index (χ2v) is 2.79. The first-order valence-electron chi connectivity index (χ1n) is 3.81. The van der Waals surface area contributed by atoms with Crippen LogP contribution in [0.15, 0.2) is 0 Å². The maximum atomic E-state index is 8.66. The lowest BCUT2D eigenvalue weighted by molar-refractivity contribution is -0.01000. The summed E-state index contributed by atoms with van der Waals surface area (Å²) in [7, 11) is 1.69. The highest BCUT2D eigenvalue weighted by atomic mass is 16.5. The molecule has 3 nitrogen and oxygen atoms in total. The predicted octanol–water partition coefficient (Wildman–Crippen LogP) is 0.923. The first kappa shape index (κ1) is 7.98. The molecule has 0 aromatic heterocycles. The molecule has 0 aromatic carbocycles. The standard InChI is InChI=1S/C7H15NO2/c1-10-7-5-3-2-4-6(7)8-9/h6-9H,2-5H2,1H3. The molecule has 2 N–H and O–H groups in total. The molecule has 0 spiro atoms. The Kier molecular flexibility index (Phi) is 3.12. The van der Waals surface area contributed by atoms with E-state index in [2.05, 4.69) is 5.48 Å². The molecule has 60 valence electrons. The first-order chi connectivity index (χ1) is 4.88. The molecule has 3 heteroatoms. The Bertz CT molecular complexity index is 85.6. The summed E-state index contributed by atoms with van der Waals surface area (Å²) in [6, 6.07) is 0.152. The highest BCUT2D eigenvalue weighted by Crippen LogP contribution is 2.19. The van der Waals surface area contributed by atoms with E-state index in [-0.39, 0.29) is 12.1 Å². The van der Waals surface area contributed by atoms with E-state index in [4.69, 9.17) is 9.94 Å². The topological polar surface area (TPSA) is 41.5 Å². The summed E-state index contributed by atoms with van der Waals surface area (Å²) in [6.07, 6.45) is 4.71. The summed E-state index contributed by atoms with van der Waals surface area (Å²) in [5.41, 5.74) is 2.28. The van der Waals surface area contributed by atoms with Gasteiger partial charge in [0.05, 0.1) is 12.1 Å². The SMILES string of the molecule is COC1CCCCC1NO. The number of ether oxygens (including phenoxy) is 1. The Morgan fingerprint density at radius 1 is 1.40 bits per heavy atom. The van der Waals surface area contributed by atoms with Crippen LogP contribution in [0.25, 0.3) is 0 Å². The Morgan fingerprint density at radius 2 is 2.10 bits per heavy atom. The zero-order valence-electron chi connectivity index (χ0n) is 6.34. The minimum atomic E-state index is 0.152. The molecule has 2 unspecified atom stereocenters. The van der Waals surface area contributed by atoms with Gasteiger partial charge in [-0.25, -0.2) is 0 Å². The summed E-state index contributed by atoms with van der Waals surface area (Å²) >= 11 is 0. The van der Waals surface area contributed by atoms with Crippen LogP contribution in [0.1, 0.15) is 25.7 Å². The van der Waals surface area contributed by atoms with Crippen LogP contribution in [0.3, 0.4) is 0 Å². The fourth-order valence-corrected chi connectivity index (χ4v) is 1.53. The van der Waals surface area contributed by atoms with E-state index in [1.165, 1.54) is 12.8 Å². The molecule has 1 aliphatic rings. The van der Waals surface area contributed by atoms with Gasteiger partial charge in [0.2, 0.25) is 0 Å². The zero-order valence-corrected chi connectivity index (χ0v) is 6.34. The molecule has 0 amide bonds. The average molecular weight is 145 g/mol. The van der Waals surface area contributed by atoms with Crippen LogP contribution in [0.4, 0.5) is 0 Å². The monoisotopic (exact) mass is 145 g/mol. The molecular formula is C7H15NO2. The van der Waals surface area contributed by atoms with Crippen LogP contribution in [-0.4, -0.2) is 24.5 Å². The van der Waals surface area contributed by atoms with Crippen LogP contribution in [-0.2, 0) is 4.74 Å². The van der Waals surface area contributed by atoms with Gasteiger partial charge in [-0.15, -0.1) is 0 Å². The molecule has 2 atom stereocenters. The van der Waals surface area contributed by atoms with Crippen molar-refractivity contribution in [3.8, 4) is 0 Å². The number of hydroxylamine groups is 1. The van der Waals surface area contributed by atoms with E-state index < -0.39 is 0 Å². The summed E-state index contributed by atoms with van der Waals surface area (Å²) in [5, 5.41) is 8.66. The van der Waals surface area contributed by atoms with Gasteiger partial charge in [-0.3, -0.25) is 0 Å². The normalized spacial score (nSPS) is 34.2. The van der Waals surface area contributed by atoms with Gasteiger partial charge >= 0.3 is 0 Å². The largest absolute Gasteiger partial charge is 0.380 e. The van der Waals surface area contributed by atoms with Crippen molar-refractivity contribution in [3.63, 3.8) is 0 Å². The van der Waals surface area contributed by atoms with Crippen molar-refractivity contribution in [3.05, 3.63) is 0 Å². The van der Waals surface area contributed by atoms with Gasteiger partial charge in [-0.2, -0.15) is 5.48 Å². The third-order valence-electron chi connectivity index (χ3n) is 2.17. The van der Waals surface area contributed by atoms with Crippen molar-refractivity contribution in [1.29, 1.82) is 0 Å². The molecular weight excluding hydrogens is 130 g/mol. The number of hydrogen-bond acceptors (Lipinski definition) is 3. The van der Waals surface area contributed by atoms with Crippen molar-refractivity contribution in [2.24, 2.45) is 0 Å². The summed E-state index contributed by atoms with van der Waals surface area (Å²) in [6.45, 7) is 0. The minimum Gasteiger partial charge on any atom is -0.380 e. The lowest BCUT2D eigenvalue weighted by Gasteiger charge is -2.28. The lowest BCUT2D eigenvalue weighted by atomic mass is 9.93. The summed E-state index contributed by atoms with van der Waals surface area (Å²) in [5.74, 6) is 0. The van der Waals surface area contributed by atoms with Crippen molar-refractivity contribution in [2.75, 3.05) is 7.11 Å². The van der Waals surface area contributed by atoms with Gasteiger partial charge in [0.15, 0.2) is 0 Å². The molecule has 0 heterocycles. The molecule has 10 heavy (non-hydrogen) atoms. The van der Waals surface area contributed by atoms with E-state index in [0.29, 0.717) is 0 Å². The lowest BCUT2D eigenvalue weighted by Crippen LogP contribution is -2.41. The first-order valence-corrected chi connectivity index (χ1v) is 3.81. The van der Waals surface area contributed by atoms with Gasteiger partial charge < -0.3 is 9.94 Å². The van der Waals surface area contributed by atoms with Crippen LogP contribution < -0.4 is 5.48 Å². The fraction of sp³-hybridized carbons (Fsp3) is 1.00. The number of rotatable bonds is 2. The molecule has 1 aliphatic carbocycles. The van der Waals surface area contributed by atoms with E-state index >= 15 is 0 Å². The molecule has 1 rings (SSSR count). The minimum absolute atomic E-state index is 0.152. The number of hydrogen-bond donors (Lipinski definition) is 2. The van der Waals surface area contributed by atoms with E-state index in [9.17, 15) is 0 Å². The van der Waals surface area contributed by atoms with Crippen molar-refractivity contribution in [2.45, 2.75) is 37.8 Å². The van der Waals surface area contributed by atoms with Crippen molar-refractivity contribution >= 4 is 0 Å². The molecule has 1 fully saturated rings. The summed E-state index contributed by atoms with van der Waals surface area (Å²) < 4.78 is 5.17. The Labute approximate surface area is 61.3 Å². The van der Waals surface area contributed by atoms with Gasteiger partial charge in [-0.1, -0.05) is 12.8 Å². The Hall–Kier alpha value is -0.120. The van der Waals surface area contributed by atoms with Crippen LogP contribution in [0, 0.1) is 0 Å². The molecule has 0 aliphatic heterocycles. The number of nitrogens with one attached hydrogen (secondary N) is 1. The second-order valence-electron chi connectivity index (χ2n) is 2.79. The maximum absolute atomic E-state index is 8.66. The zero-order chi connectivity index (χ0) is 7.40. The Morgan fingerprint density at radius 3 is 2.60 bits per heavy atom. The molecule has 0 radical (unpaired) electrons. The van der Waals surface area contributed by atoms with Crippen LogP contribution in [0.5, 0.6) is 0 Å². The van der Waals surface area contributed by atoms with Crippen molar-refractivity contribution < 1.29 is 9.94 Å². The third kappa shape index (κ3) is 1.68. The van der Waals surface area contributed by atoms with E-state index in [1.54, 1.807) is 7.11 Å². The highest BCUT2D eigenvalue weighted by Gasteiger charge is 2.23. The highest BCUT2D eigenvalue weighted by molar-refractivity contribution is 4.78. The fourth-order valence-electron chi connectivity index (χ4n) is 1.53. The van der Waals surface area contributed by atoms with Crippen molar-refractivity contribution in [1.82, 2.24) is 5.48 Å². The second kappa shape index (κ2) is 3.91. The molecule has 0 saturated heterocycles. The van der Waals surface area contributed by atoms with Gasteiger partial charge in [0.1, 0.15) is 0 Å². The maximum Gasteiger partial charge on any atom is 0.0747 e. The van der Waals surface area contributed by atoms with E-state index in [1.807, 2.05) is 0 Å².